The maximum absolute atomic E-state index is 14.9. The van der Waals surface area contributed by atoms with E-state index in [2.05, 4.69) is 45.9 Å². The van der Waals surface area contributed by atoms with Gasteiger partial charge >= 0.3 is 6.03 Å². The third-order valence-corrected chi connectivity index (χ3v) is 7.89. The van der Waals surface area contributed by atoms with Crippen molar-refractivity contribution in [1.82, 2.24) is 25.0 Å². The summed E-state index contributed by atoms with van der Waals surface area (Å²) < 4.78 is 19.9. The number of thiazole rings is 1. The highest BCUT2D eigenvalue weighted by molar-refractivity contribution is 7.98. The molecule has 0 atom stereocenters. The molecule has 4 N–H and O–H groups in total. The molecule has 1 aromatic carbocycles. The van der Waals surface area contributed by atoms with Gasteiger partial charge in [0.2, 0.25) is 0 Å². The number of hydrogen-bond acceptors (Lipinski definition) is 12. The van der Waals surface area contributed by atoms with Crippen LogP contribution in [0.1, 0.15) is 12.7 Å². The molecule has 0 unspecified atom stereocenters. The highest BCUT2D eigenvalue weighted by atomic mass is 32.2. The Morgan fingerprint density at radius 2 is 1.98 bits per heavy atom. The van der Waals surface area contributed by atoms with Gasteiger partial charge in [0.15, 0.2) is 16.1 Å². The van der Waals surface area contributed by atoms with Gasteiger partial charge < -0.3 is 25.2 Å². The largest absolute Gasteiger partial charge is 0.395 e. The molecule has 1 fully saturated rings. The monoisotopic (exact) mass is 599 g/mol. The number of aryl methyl sites for hydroxylation is 1. The fourth-order valence-electron chi connectivity index (χ4n) is 4.23. The van der Waals surface area contributed by atoms with E-state index in [-0.39, 0.29) is 18.1 Å². The van der Waals surface area contributed by atoms with Crippen molar-refractivity contribution in [3.8, 4) is 10.4 Å². The maximum Gasteiger partial charge on any atom is 0.325 e. The number of amides is 2. The molecule has 0 radical (unpaired) electrons. The molecule has 12 nitrogen and oxygen atoms in total. The third kappa shape index (κ3) is 7.30. The number of β-amino-alcohol motifs (C(OH)–C–C–N with tert-alkyl or cyclic N) is 1. The summed E-state index contributed by atoms with van der Waals surface area (Å²) in [4.78, 5) is 31.1. The van der Waals surface area contributed by atoms with Crippen LogP contribution in [-0.2, 0) is 6.42 Å². The van der Waals surface area contributed by atoms with Gasteiger partial charge in [-0.25, -0.2) is 24.1 Å². The normalized spacial score (nSPS) is 13.8. The van der Waals surface area contributed by atoms with Crippen LogP contribution in [0.3, 0.4) is 0 Å². The van der Waals surface area contributed by atoms with Gasteiger partial charge in [0, 0.05) is 57.5 Å². The number of carbonyl (C=O) groups excluding carboxylic acids is 1. The van der Waals surface area contributed by atoms with Crippen LogP contribution >= 0.6 is 23.1 Å². The summed E-state index contributed by atoms with van der Waals surface area (Å²) in [5.41, 5.74) is 0.653. The van der Waals surface area contributed by atoms with Gasteiger partial charge in [-0.2, -0.15) is 0 Å². The molecule has 4 aromatic rings. The lowest BCUT2D eigenvalue weighted by Crippen LogP contribution is -2.47. The van der Waals surface area contributed by atoms with E-state index in [9.17, 15) is 14.3 Å². The zero-order valence-electron chi connectivity index (χ0n) is 22.6. The number of aliphatic hydroxyl groups excluding tert-OH is 1. The summed E-state index contributed by atoms with van der Waals surface area (Å²) in [7, 11) is 0. The number of rotatable bonds is 10. The molecule has 2 amide bonds. The Bertz CT molecular complexity index is 1490. The Morgan fingerprint density at radius 3 is 2.68 bits per heavy atom. The number of nitrogens with zero attached hydrogens (tertiary/aromatic N) is 6. The molecule has 1 aliphatic rings. The highest BCUT2D eigenvalue weighted by Crippen LogP contribution is 2.33. The number of piperazine rings is 1. The topological polar surface area (TPSA) is 145 Å². The predicted molar refractivity (Wildman–Crippen MR) is 159 cm³/mol. The van der Waals surface area contributed by atoms with Crippen LogP contribution in [0.25, 0.3) is 10.4 Å². The Kier molecular flexibility index (Phi) is 9.28. The van der Waals surface area contributed by atoms with E-state index in [1.165, 1.54) is 35.2 Å². The number of aliphatic hydroxyl groups is 1. The number of anilines is 5. The first-order chi connectivity index (χ1) is 19.9. The molecule has 5 rings (SSSR count). The fraction of sp³-hybridized carbons (Fsp3) is 0.346. The Labute approximate surface area is 244 Å². The molecule has 0 bridgehead atoms. The molecule has 3 aromatic heterocycles. The molecule has 15 heteroatoms. The lowest BCUT2D eigenvalue weighted by molar-refractivity contribution is 0.188. The summed E-state index contributed by atoms with van der Waals surface area (Å²) in [6, 6.07) is 7.45. The molecule has 1 aliphatic heterocycles. The zero-order chi connectivity index (χ0) is 28.8. The number of urea groups is 1. The molecule has 216 valence electrons. The van der Waals surface area contributed by atoms with Crippen molar-refractivity contribution in [2.24, 2.45) is 0 Å². The summed E-state index contributed by atoms with van der Waals surface area (Å²) in [6.45, 7) is 6.07. The molecule has 4 heterocycles. The predicted octanol–water partition coefficient (Wildman–Crippen LogP) is 4.51. The van der Waals surface area contributed by atoms with Gasteiger partial charge in [0.05, 0.1) is 17.2 Å². The Hall–Kier alpha value is -3.79. The van der Waals surface area contributed by atoms with E-state index in [0.29, 0.717) is 40.4 Å². The number of carbonyl (C=O) groups is 1. The smallest absolute Gasteiger partial charge is 0.325 e. The number of halogens is 1. The van der Waals surface area contributed by atoms with E-state index < -0.39 is 11.8 Å². The van der Waals surface area contributed by atoms with Gasteiger partial charge in [-0.15, -0.1) is 0 Å². The zero-order valence-corrected chi connectivity index (χ0v) is 24.2. The molecule has 1 saturated heterocycles. The Balaban J connectivity index is 1.24. The molecule has 0 saturated carbocycles. The maximum atomic E-state index is 14.9. The molecular weight excluding hydrogens is 569 g/mol. The van der Waals surface area contributed by atoms with Crippen molar-refractivity contribution in [2.45, 2.75) is 18.5 Å². The second-order valence-corrected chi connectivity index (χ2v) is 10.9. The first-order valence-electron chi connectivity index (χ1n) is 13.0. The van der Waals surface area contributed by atoms with E-state index in [1.807, 2.05) is 19.2 Å². The lowest BCUT2D eigenvalue weighted by Gasteiger charge is -2.35. The second-order valence-electron chi connectivity index (χ2n) is 9.11. The number of aromatic nitrogens is 4. The van der Waals surface area contributed by atoms with Gasteiger partial charge in [0.1, 0.15) is 23.2 Å². The molecule has 0 aliphatic carbocycles. The van der Waals surface area contributed by atoms with Crippen LogP contribution in [0.4, 0.5) is 37.5 Å². The minimum Gasteiger partial charge on any atom is -0.395 e. The van der Waals surface area contributed by atoms with Crippen LogP contribution in [-0.4, -0.2) is 81.7 Å². The van der Waals surface area contributed by atoms with Crippen LogP contribution in [0.5, 0.6) is 0 Å². The summed E-state index contributed by atoms with van der Waals surface area (Å²) in [6.07, 6.45) is 4.23. The Morgan fingerprint density at radius 1 is 1.15 bits per heavy atom. The highest BCUT2D eigenvalue weighted by Gasteiger charge is 2.19. The van der Waals surface area contributed by atoms with E-state index in [4.69, 9.17) is 4.52 Å². The standard InChI is InChI=1S/C26H30FN9O3S2/c1-3-17-13-22(34-39-17)30-24(38)29-19-5-4-16(12-18(19)27)20-15-28-25(41-20)31-21-14-23(33-26(32-21)40-2)36-8-6-35(7-9-36)10-11-37/h4-5,12-15,37H,3,6-11H2,1-2H3,(H,28,31,32,33)(H2,29,30,34,38). The average Bonchev–Trinajstić information content (AvgIpc) is 3.64. The first kappa shape index (κ1) is 28.7. The van der Waals surface area contributed by atoms with Crippen molar-refractivity contribution >= 4 is 57.4 Å². The van der Waals surface area contributed by atoms with Gasteiger partial charge in [0.25, 0.3) is 0 Å². The van der Waals surface area contributed by atoms with Crippen molar-refractivity contribution in [1.29, 1.82) is 0 Å². The number of hydrogen-bond donors (Lipinski definition) is 4. The quantitative estimate of drug-likeness (QED) is 0.151. The van der Waals surface area contributed by atoms with Gasteiger partial charge in [-0.1, -0.05) is 41.2 Å². The number of thioether (sulfide) groups is 1. The van der Waals surface area contributed by atoms with Crippen molar-refractivity contribution < 1.29 is 18.8 Å². The summed E-state index contributed by atoms with van der Waals surface area (Å²) in [5.74, 6) is 1.75. The summed E-state index contributed by atoms with van der Waals surface area (Å²) >= 11 is 2.82. The van der Waals surface area contributed by atoms with Crippen molar-refractivity contribution in [2.75, 3.05) is 66.4 Å². The minimum atomic E-state index is -0.627. The van der Waals surface area contributed by atoms with Crippen LogP contribution in [0, 0.1) is 5.82 Å². The molecule has 0 spiro atoms. The first-order valence-corrected chi connectivity index (χ1v) is 15.1. The SMILES string of the molecule is CCc1cc(NC(=O)Nc2ccc(-c3cnc(Nc4cc(N5CCN(CCO)CC5)nc(SC)n4)s3)cc2F)no1. The third-order valence-electron chi connectivity index (χ3n) is 6.38. The van der Waals surface area contributed by atoms with E-state index in [0.717, 1.165) is 36.9 Å². The lowest BCUT2D eigenvalue weighted by atomic mass is 10.2. The second kappa shape index (κ2) is 13.2. The van der Waals surface area contributed by atoms with Crippen LogP contribution < -0.4 is 20.9 Å². The number of nitrogens with one attached hydrogen (secondary N) is 3. The van der Waals surface area contributed by atoms with Gasteiger partial charge in [-0.3, -0.25) is 10.2 Å². The van der Waals surface area contributed by atoms with Crippen molar-refractivity contribution in [3.05, 3.63) is 48.1 Å². The minimum absolute atomic E-state index is 0.0311. The van der Waals surface area contributed by atoms with Crippen LogP contribution in [0.2, 0.25) is 0 Å². The molecular formula is C26H30FN9O3S2. The van der Waals surface area contributed by atoms with E-state index >= 15 is 0 Å². The van der Waals surface area contributed by atoms with Crippen molar-refractivity contribution in [3.63, 3.8) is 0 Å². The summed E-state index contributed by atoms with van der Waals surface area (Å²) in [5, 5.41) is 22.5. The van der Waals surface area contributed by atoms with Crippen LogP contribution in [0.15, 0.2) is 46.2 Å². The number of benzene rings is 1. The molecule has 41 heavy (non-hydrogen) atoms. The average molecular weight is 600 g/mol. The van der Waals surface area contributed by atoms with Gasteiger partial charge in [-0.05, 0) is 24.0 Å². The van der Waals surface area contributed by atoms with E-state index in [1.54, 1.807) is 18.3 Å². The fourth-order valence-corrected chi connectivity index (χ4v) is 5.42.